The highest BCUT2D eigenvalue weighted by Crippen LogP contribution is 2.34. The van der Waals surface area contributed by atoms with Crippen LogP contribution in [-0.4, -0.2) is 9.55 Å². The first-order chi connectivity index (χ1) is 15.2. The van der Waals surface area contributed by atoms with Crippen molar-refractivity contribution in [2.24, 2.45) is 0 Å². The third-order valence-corrected chi connectivity index (χ3v) is 6.10. The standard InChI is InChI=1S/C27H23N3O/c28-17-23-22(16-24(29-27(23)31)20-11-5-2-6-12-20)26-15-21-13-7-8-14-25(21)30(26)18-19-9-3-1-4-10-19/h1-6,9-12,15-16H,7-8,13-14,18H2,(H,29,31). The minimum Gasteiger partial charge on any atom is -0.340 e. The Kier molecular flexibility index (Phi) is 5.01. The molecule has 0 spiro atoms. The van der Waals surface area contributed by atoms with E-state index in [2.05, 4.69) is 33.8 Å². The summed E-state index contributed by atoms with van der Waals surface area (Å²) in [6.07, 6.45) is 4.41. The highest BCUT2D eigenvalue weighted by molar-refractivity contribution is 5.74. The van der Waals surface area contributed by atoms with Crippen molar-refractivity contribution in [3.63, 3.8) is 0 Å². The van der Waals surface area contributed by atoms with Crippen LogP contribution in [0.5, 0.6) is 0 Å². The quantitative estimate of drug-likeness (QED) is 0.500. The summed E-state index contributed by atoms with van der Waals surface area (Å²) in [7, 11) is 0. The summed E-state index contributed by atoms with van der Waals surface area (Å²) >= 11 is 0. The number of rotatable bonds is 4. The number of aryl methyl sites for hydroxylation is 1. The van der Waals surface area contributed by atoms with Crippen molar-refractivity contribution in [3.8, 4) is 28.6 Å². The molecule has 2 aromatic carbocycles. The summed E-state index contributed by atoms with van der Waals surface area (Å²) in [4.78, 5) is 15.8. The van der Waals surface area contributed by atoms with Crippen LogP contribution in [0.25, 0.3) is 22.5 Å². The van der Waals surface area contributed by atoms with E-state index >= 15 is 0 Å². The molecule has 0 bridgehead atoms. The predicted octanol–water partition coefficient (Wildman–Crippen LogP) is 5.31. The van der Waals surface area contributed by atoms with Gasteiger partial charge in [0.2, 0.25) is 0 Å². The normalized spacial score (nSPS) is 12.9. The third kappa shape index (κ3) is 3.60. The molecule has 2 aromatic heterocycles. The predicted molar refractivity (Wildman–Crippen MR) is 123 cm³/mol. The minimum absolute atomic E-state index is 0.170. The lowest BCUT2D eigenvalue weighted by molar-refractivity contribution is 0.633. The van der Waals surface area contributed by atoms with Crippen molar-refractivity contribution in [2.45, 2.75) is 32.2 Å². The van der Waals surface area contributed by atoms with Crippen LogP contribution in [0.15, 0.2) is 77.6 Å². The van der Waals surface area contributed by atoms with Gasteiger partial charge in [-0.1, -0.05) is 60.7 Å². The molecule has 1 aliphatic rings. The Labute approximate surface area is 181 Å². The fourth-order valence-corrected chi connectivity index (χ4v) is 4.58. The van der Waals surface area contributed by atoms with Gasteiger partial charge in [-0.2, -0.15) is 5.26 Å². The second-order valence-corrected chi connectivity index (χ2v) is 8.06. The van der Waals surface area contributed by atoms with E-state index < -0.39 is 0 Å². The van der Waals surface area contributed by atoms with E-state index in [9.17, 15) is 10.1 Å². The van der Waals surface area contributed by atoms with Crippen LogP contribution in [-0.2, 0) is 19.4 Å². The van der Waals surface area contributed by atoms with Gasteiger partial charge in [0.1, 0.15) is 11.6 Å². The van der Waals surface area contributed by atoms with E-state index in [0.717, 1.165) is 36.3 Å². The zero-order valence-corrected chi connectivity index (χ0v) is 17.3. The minimum atomic E-state index is -0.343. The van der Waals surface area contributed by atoms with Gasteiger partial charge < -0.3 is 9.55 Å². The number of benzene rings is 2. The highest BCUT2D eigenvalue weighted by atomic mass is 16.1. The van der Waals surface area contributed by atoms with Crippen LogP contribution >= 0.6 is 0 Å². The number of hydrogen-bond donors (Lipinski definition) is 1. The summed E-state index contributed by atoms with van der Waals surface area (Å²) < 4.78 is 2.31. The van der Waals surface area contributed by atoms with E-state index in [0.29, 0.717) is 5.56 Å². The molecule has 0 saturated carbocycles. The topological polar surface area (TPSA) is 61.6 Å². The zero-order valence-electron chi connectivity index (χ0n) is 17.3. The number of aromatic amines is 1. The van der Waals surface area contributed by atoms with Gasteiger partial charge in [-0.15, -0.1) is 0 Å². The van der Waals surface area contributed by atoms with Gasteiger partial charge >= 0.3 is 0 Å². The van der Waals surface area contributed by atoms with Gasteiger partial charge in [0.15, 0.2) is 0 Å². The summed E-state index contributed by atoms with van der Waals surface area (Å²) in [5, 5.41) is 9.83. The van der Waals surface area contributed by atoms with Gasteiger partial charge in [-0.3, -0.25) is 4.79 Å². The number of fused-ring (bicyclic) bond motifs is 1. The second-order valence-electron chi connectivity index (χ2n) is 8.06. The fourth-order valence-electron chi connectivity index (χ4n) is 4.58. The number of pyridine rings is 1. The Morgan fingerprint density at radius 1 is 0.935 bits per heavy atom. The third-order valence-electron chi connectivity index (χ3n) is 6.10. The number of aromatic nitrogens is 2. The molecule has 2 heterocycles. The van der Waals surface area contributed by atoms with Gasteiger partial charge in [0.25, 0.3) is 5.56 Å². The van der Waals surface area contributed by atoms with Crippen LogP contribution < -0.4 is 5.56 Å². The highest BCUT2D eigenvalue weighted by Gasteiger charge is 2.22. The number of nitriles is 1. The fraction of sp³-hybridized carbons (Fsp3) is 0.185. The molecule has 5 rings (SSSR count). The average Bonchev–Trinajstić information content (AvgIpc) is 3.18. The molecule has 4 aromatic rings. The molecule has 0 aliphatic heterocycles. The average molecular weight is 406 g/mol. The van der Waals surface area contributed by atoms with E-state index in [-0.39, 0.29) is 11.1 Å². The van der Waals surface area contributed by atoms with Crippen LogP contribution in [0.3, 0.4) is 0 Å². The van der Waals surface area contributed by atoms with E-state index in [4.69, 9.17) is 0 Å². The van der Waals surface area contributed by atoms with Gasteiger partial charge in [0.05, 0.1) is 5.69 Å². The number of nitrogens with one attached hydrogen (secondary N) is 1. The van der Waals surface area contributed by atoms with Crippen molar-refractivity contribution in [3.05, 3.63) is 106 Å². The Balaban J connectivity index is 1.73. The van der Waals surface area contributed by atoms with Gasteiger partial charge in [-0.05, 0) is 54.5 Å². The van der Waals surface area contributed by atoms with Crippen molar-refractivity contribution in [1.29, 1.82) is 5.26 Å². The molecular formula is C27H23N3O. The van der Waals surface area contributed by atoms with Crippen LogP contribution in [0.2, 0.25) is 0 Å². The van der Waals surface area contributed by atoms with E-state index in [1.165, 1.54) is 29.7 Å². The summed E-state index contributed by atoms with van der Waals surface area (Å²) in [5.74, 6) is 0. The number of nitrogens with zero attached hydrogens (tertiary/aromatic N) is 2. The van der Waals surface area contributed by atoms with Crippen molar-refractivity contribution < 1.29 is 0 Å². The van der Waals surface area contributed by atoms with E-state index in [1.807, 2.05) is 54.6 Å². The lowest BCUT2D eigenvalue weighted by Gasteiger charge is -2.18. The molecule has 31 heavy (non-hydrogen) atoms. The second kappa shape index (κ2) is 8.12. The monoisotopic (exact) mass is 405 g/mol. The first-order valence-corrected chi connectivity index (χ1v) is 10.7. The summed E-state index contributed by atoms with van der Waals surface area (Å²) in [6, 6.07) is 26.4. The molecule has 0 saturated heterocycles. The molecule has 0 amide bonds. The molecule has 0 unspecified atom stereocenters. The Hall–Kier alpha value is -3.84. The summed E-state index contributed by atoms with van der Waals surface area (Å²) in [6.45, 7) is 0.726. The maximum absolute atomic E-state index is 12.9. The Morgan fingerprint density at radius 2 is 1.65 bits per heavy atom. The molecule has 0 fully saturated rings. The zero-order chi connectivity index (χ0) is 21.2. The van der Waals surface area contributed by atoms with E-state index in [1.54, 1.807) is 0 Å². The molecule has 4 heteroatoms. The van der Waals surface area contributed by atoms with Crippen molar-refractivity contribution in [1.82, 2.24) is 9.55 Å². The van der Waals surface area contributed by atoms with Crippen molar-refractivity contribution >= 4 is 0 Å². The Bertz CT molecular complexity index is 1320. The lowest BCUT2D eigenvalue weighted by Crippen LogP contribution is -2.15. The largest absolute Gasteiger partial charge is 0.340 e. The maximum Gasteiger partial charge on any atom is 0.267 e. The van der Waals surface area contributed by atoms with Crippen LogP contribution in [0.1, 0.15) is 35.2 Å². The van der Waals surface area contributed by atoms with Gasteiger partial charge in [-0.25, -0.2) is 0 Å². The first-order valence-electron chi connectivity index (χ1n) is 10.7. The molecule has 0 radical (unpaired) electrons. The first kappa shape index (κ1) is 19.1. The molecule has 0 atom stereocenters. The molecule has 1 aliphatic carbocycles. The lowest BCUT2D eigenvalue weighted by atomic mass is 9.97. The molecule has 1 N–H and O–H groups in total. The Morgan fingerprint density at radius 3 is 2.39 bits per heavy atom. The molecular weight excluding hydrogens is 382 g/mol. The maximum atomic E-state index is 12.9. The molecule has 4 nitrogen and oxygen atoms in total. The summed E-state index contributed by atoms with van der Waals surface area (Å²) in [5.41, 5.74) is 7.01. The van der Waals surface area contributed by atoms with Crippen LogP contribution in [0, 0.1) is 11.3 Å². The van der Waals surface area contributed by atoms with Crippen molar-refractivity contribution in [2.75, 3.05) is 0 Å². The number of H-pyrrole nitrogens is 1. The smallest absolute Gasteiger partial charge is 0.267 e. The number of hydrogen-bond acceptors (Lipinski definition) is 2. The van der Waals surface area contributed by atoms with Gasteiger partial charge in [0, 0.05) is 23.5 Å². The SMILES string of the molecule is N#Cc1c(-c2cc3c(n2Cc2ccccc2)CCCC3)cc(-c2ccccc2)[nH]c1=O. The molecule has 152 valence electrons. The van der Waals surface area contributed by atoms with Crippen LogP contribution in [0.4, 0.5) is 0 Å².